The summed E-state index contributed by atoms with van der Waals surface area (Å²) >= 11 is 0. The summed E-state index contributed by atoms with van der Waals surface area (Å²) in [7, 11) is 1.64. The Morgan fingerprint density at radius 3 is 2.70 bits per heavy atom. The zero-order chi connectivity index (χ0) is 23.4. The maximum absolute atomic E-state index is 13.2. The van der Waals surface area contributed by atoms with Gasteiger partial charge in [-0.3, -0.25) is 4.79 Å². The SMILES string of the molecule is CCN(CC)CCOC(=O)c1ccc2oc3c(c(=O)c2c1)CCC3=Cc1cccc(OC)c1. The number of rotatable bonds is 8. The molecule has 0 bridgehead atoms. The first-order chi connectivity index (χ1) is 16.0. The van der Waals surface area contributed by atoms with Crippen LogP contribution in [0.15, 0.2) is 51.7 Å². The molecule has 0 aliphatic heterocycles. The van der Waals surface area contributed by atoms with Crippen LogP contribution in [0.1, 0.15) is 47.5 Å². The summed E-state index contributed by atoms with van der Waals surface area (Å²) in [6, 6.07) is 12.7. The lowest BCUT2D eigenvalue weighted by atomic mass is 10.1. The first kappa shape index (κ1) is 22.8. The molecule has 6 heteroatoms. The van der Waals surface area contributed by atoms with Crippen LogP contribution < -0.4 is 10.2 Å². The maximum atomic E-state index is 13.2. The van der Waals surface area contributed by atoms with Gasteiger partial charge in [-0.05, 0) is 73.5 Å². The van der Waals surface area contributed by atoms with Crippen LogP contribution in [0.2, 0.25) is 0 Å². The first-order valence-electron chi connectivity index (χ1n) is 11.4. The summed E-state index contributed by atoms with van der Waals surface area (Å²) in [5.74, 6) is 0.978. The Morgan fingerprint density at radius 1 is 1.12 bits per heavy atom. The summed E-state index contributed by atoms with van der Waals surface area (Å²) in [4.78, 5) is 27.9. The average molecular weight is 448 g/mol. The number of nitrogens with zero attached hydrogens (tertiary/aromatic N) is 1. The van der Waals surface area contributed by atoms with Gasteiger partial charge in [-0.15, -0.1) is 0 Å². The zero-order valence-corrected chi connectivity index (χ0v) is 19.3. The van der Waals surface area contributed by atoms with Gasteiger partial charge >= 0.3 is 5.97 Å². The molecule has 1 aliphatic carbocycles. The number of benzene rings is 2. The van der Waals surface area contributed by atoms with Crippen molar-refractivity contribution in [2.24, 2.45) is 0 Å². The molecule has 6 nitrogen and oxygen atoms in total. The maximum Gasteiger partial charge on any atom is 0.338 e. The van der Waals surface area contributed by atoms with E-state index in [2.05, 4.69) is 18.7 Å². The van der Waals surface area contributed by atoms with E-state index < -0.39 is 5.97 Å². The normalized spacial score (nSPS) is 14.1. The molecule has 0 atom stereocenters. The van der Waals surface area contributed by atoms with Gasteiger partial charge in [-0.1, -0.05) is 26.0 Å². The van der Waals surface area contributed by atoms with E-state index in [-0.39, 0.29) is 5.43 Å². The molecule has 0 saturated heterocycles. The third-order valence-electron chi connectivity index (χ3n) is 6.13. The fourth-order valence-corrected chi connectivity index (χ4v) is 4.18. The quantitative estimate of drug-likeness (QED) is 0.463. The minimum atomic E-state index is -0.428. The van der Waals surface area contributed by atoms with Gasteiger partial charge in [-0.2, -0.15) is 0 Å². The van der Waals surface area contributed by atoms with Gasteiger partial charge in [0.15, 0.2) is 5.43 Å². The summed E-state index contributed by atoms with van der Waals surface area (Å²) in [6.45, 7) is 6.96. The number of hydrogen-bond acceptors (Lipinski definition) is 6. The number of ether oxygens (including phenoxy) is 2. The van der Waals surface area contributed by atoms with Crippen molar-refractivity contribution in [2.45, 2.75) is 26.7 Å². The Bertz CT molecular complexity index is 1250. The van der Waals surface area contributed by atoms with Crippen molar-refractivity contribution in [3.8, 4) is 5.75 Å². The van der Waals surface area contributed by atoms with Crippen molar-refractivity contribution < 1.29 is 18.7 Å². The van der Waals surface area contributed by atoms with E-state index >= 15 is 0 Å². The number of likely N-dealkylation sites (N-methyl/N-ethyl adjacent to an activating group) is 1. The van der Waals surface area contributed by atoms with Crippen LogP contribution in [-0.4, -0.2) is 44.2 Å². The van der Waals surface area contributed by atoms with Gasteiger partial charge < -0.3 is 18.8 Å². The van der Waals surface area contributed by atoms with Crippen molar-refractivity contribution in [1.82, 2.24) is 4.90 Å². The van der Waals surface area contributed by atoms with Crippen molar-refractivity contribution in [1.29, 1.82) is 0 Å². The first-order valence-corrected chi connectivity index (χ1v) is 11.4. The van der Waals surface area contributed by atoms with Gasteiger partial charge in [0.2, 0.25) is 0 Å². The van der Waals surface area contributed by atoms with Crippen LogP contribution in [0.5, 0.6) is 5.75 Å². The van der Waals surface area contributed by atoms with Crippen LogP contribution in [0.25, 0.3) is 22.6 Å². The lowest BCUT2D eigenvalue weighted by Gasteiger charge is -2.17. The van der Waals surface area contributed by atoms with Crippen LogP contribution in [-0.2, 0) is 11.2 Å². The van der Waals surface area contributed by atoms with E-state index in [4.69, 9.17) is 13.9 Å². The minimum absolute atomic E-state index is 0.0851. The van der Waals surface area contributed by atoms with E-state index in [1.54, 1.807) is 25.3 Å². The van der Waals surface area contributed by atoms with Crippen LogP contribution >= 0.6 is 0 Å². The highest BCUT2D eigenvalue weighted by molar-refractivity contribution is 5.95. The molecule has 0 amide bonds. The smallest absolute Gasteiger partial charge is 0.338 e. The van der Waals surface area contributed by atoms with E-state index in [1.807, 2.05) is 30.3 Å². The zero-order valence-electron chi connectivity index (χ0n) is 19.3. The van der Waals surface area contributed by atoms with Gasteiger partial charge in [0.05, 0.1) is 18.1 Å². The lowest BCUT2D eigenvalue weighted by Crippen LogP contribution is -2.27. The molecule has 172 valence electrons. The Morgan fingerprint density at radius 2 is 1.94 bits per heavy atom. The van der Waals surface area contributed by atoms with Crippen molar-refractivity contribution in [3.05, 3.63) is 75.1 Å². The molecule has 0 spiro atoms. The molecule has 1 aromatic heterocycles. The van der Waals surface area contributed by atoms with E-state index in [0.717, 1.165) is 36.4 Å². The Labute approximate surface area is 193 Å². The molecule has 3 aromatic rings. The molecule has 4 rings (SSSR count). The highest BCUT2D eigenvalue weighted by atomic mass is 16.5. The van der Waals surface area contributed by atoms with Crippen LogP contribution in [0, 0.1) is 0 Å². The van der Waals surface area contributed by atoms with E-state index in [9.17, 15) is 9.59 Å². The topological polar surface area (TPSA) is 69.0 Å². The number of carbonyl (C=O) groups excluding carboxylic acids is 1. The molecule has 33 heavy (non-hydrogen) atoms. The number of fused-ring (bicyclic) bond motifs is 2. The van der Waals surface area contributed by atoms with Crippen molar-refractivity contribution in [3.63, 3.8) is 0 Å². The van der Waals surface area contributed by atoms with Crippen LogP contribution in [0.4, 0.5) is 0 Å². The third-order valence-corrected chi connectivity index (χ3v) is 6.13. The molecule has 1 heterocycles. The third kappa shape index (κ3) is 4.86. The summed E-state index contributed by atoms with van der Waals surface area (Å²) in [6.07, 6.45) is 3.37. The average Bonchev–Trinajstić information content (AvgIpc) is 3.24. The lowest BCUT2D eigenvalue weighted by molar-refractivity contribution is 0.0466. The molecule has 0 N–H and O–H groups in total. The minimum Gasteiger partial charge on any atom is -0.497 e. The Hall–Kier alpha value is -3.38. The van der Waals surface area contributed by atoms with Crippen molar-refractivity contribution in [2.75, 3.05) is 33.4 Å². The van der Waals surface area contributed by atoms with E-state index in [1.165, 1.54) is 0 Å². The molecule has 2 aromatic carbocycles. The molecule has 0 fully saturated rings. The number of carbonyl (C=O) groups is 1. The van der Waals surface area contributed by atoms with Crippen molar-refractivity contribution >= 4 is 28.6 Å². The number of esters is 1. The van der Waals surface area contributed by atoms with Gasteiger partial charge in [0, 0.05) is 12.1 Å². The predicted octanol–water partition coefficient (Wildman–Crippen LogP) is 4.79. The number of methoxy groups -OCH3 is 1. The summed E-state index contributed by atoms with van der Waals surface area (Å²) < 4.78 is 16.9. The second-order valence-corrected chi connectivity index (χ2v) is 8.06. The summed E-state index contributed by atoms with van der Waals surface area (Å²) in [5, 5.41) is 0.412. The Kier molecular flexibility index (Phi) is 6.94. The highest BCUT2D eigenvalue weighted by Crippen LogP contribution is 2.34. The predicted molar refractivity (Wildman–Crippen MR) is 130 cm³/mol. The molecule has 0 unspecified atom stereocenters. The van der Waals surface area contributed by atoms with Gasteiger partial charge in [0.1, 0.15) is 23.7 Å². The second kappa shape index (κ2) is 10.0. The molecular weight excluding hydrogens is 418 g/mol. The summed E-state index contributed by atoms with van der Waals surface area (Å²) in [5.41, 5.74) is 3.37. The molecule has 0 radical (unpaired) electrons. The molecule has 0 saturated carbocycles. The standard InChI is InChI=1S/C27H29NO5/c1-4-28(5-2)13-14-32-27(30)20-10-12-24-23(17-20)25(29)22-11-9-19(26(22)33-24)15-18-7-6-8-21(16-18)31-3/h6-8,10,12,15-17H,4-5,9,11,13-14H2,1-3H3. The van der Waals surface area contributed by atoms with E-state index in [0.29, 0.717) is 47.4 Å². The fraction of sp³-hybridized carbons (Fsp3) is 0.333. The fourth-order valence-electron chi connectivity index (χ4n) is 4.18. The van der Waals surface area contributed by atoms with Gasteiger partial charge in [0.25, 0.3) is 0 Å². The largest absolute Gasteiger partial charge is 0.497 e. The highest BCUT2D eigenvalue weighted by Gasteiger charge is 2.24. The second-order valence-electron chi connectivity index (χ2n) is 8.06. The number of hydrogen-bond donors (Lipinski definition) is 0. The van der Waals surface area contributed by atoms with Crippen LogP contribution in [0.3, 0.4) is 0 Å². The molecular formula is C27H29NO5. The number of allylic oxidation sites excluding steroid dienone is 1. The molecule has 1 aliphatic rings. The van der Waals surface area contributed by atoms with Gasteiger partial charge in [-0.25, -0.2) is 4.79 Å². The monoisotopic (exact) mass is 447 g/mol. The Balaban J connectivity index is 1.60.